The molecule has 0 saturated heterocycles. The van der Waals surface area contributed by atoms with E-state index >= 15 is 4.39 Å². The quantitative estimate of drug-likeness (QED) is 0.135. The van der Waals surface area contributed by atoms with Crippen molar-refractivity contribution in [3.05, 3.63) is 129 Å². The van der Waals surface area contributed by atoms with E-state index in [9.17, 15) is 44.7 Å². The van der Waals surface area contributed by atoms with Crippen molar-refractivity contribution < 1.29 is 58.9 Å². The van der Waals surface area contributed by atoms with Crippen LogP contribution in [-0.2, 0) is 29.4 Å². The Hall–Kier alpha value is -4.79. The second-order valence-corrected chi connectivity index (χ2v) is 11.2. The monoisotopic (exact) mass is 718 g/mol. The zero-order valence-electron chi connectivity index (χ0n) is 24.8. The van der Waals surface area contributed by atoms with E-state index in [0.29, 0.717) is 23.3 Å². The van der Waals surface area contributed by atoms with Gasteiger partial charge in [-0.2, -0.15) is 30.7 Å². The molecular weight excluding hydrogens is 695 g/mol. The number of ether oxygens (including phenoxy) is 1. The molecule has 0 fully saturated rings. The Kier molecular flexibility index (Phi) is 11.2. The van der Waals surface area contributed by atoms with Gasteiger partial charge in [-0.25, -0.2) is 8.78 Å². The van der Waals surface area contributed by atoms with E-state index in [4.69, 9.17) is 16.7 Å². The first kappa shape index (κ1) is 37.0. The molecular formula is C33H24ClF9N2O4. The molecule has 0 saturated carbocycles. The SMILES string of the molecule is O=C(O)CCCc1ccccc1CC(NC(=O)c1ccc(F)c(C(F)(F)F)c1)(c1cc(F)cc(OC(F)(F)C(F)F)c1)c1ccc(Cl)cn1. The molecule has 16 heteroatoms. The number of aromatic nitrogens is 1. The summed E-state index contributed by atoms with van der Waals surface area (Å²) in [7, 11) is 0. The average molecular weight is 719 g/mol. The van der Waals surface area contributed by atoms with Crippen LogP contribution in [0.3, 0.4) is 0 Å². The number of aryl methyl sites for hydroxylation is 1. The molecule has 1 amide bonds. The van der Waals surface area contributed by atoms with Gasteiger partial charge in [0.25, 0.3) is 5.91 Å². The number of pyridine rings is 1. The predicted molar refractivity (Wildman–Crippen MR) is 158 cm³/mol. The summed E-state index contributed by atoms with van der Waals surface area (Å²) in [4.78, 5) is 29.2. The summed E-state index contributed by atoms with van der Waals surface area (Å²) in [6, 6.07) is 12.0. The number of amides is 1. The molecule has 1 unspecified atom stereocenters. The molecule has 6 nitrogen and oxygen atoms in total. The lowest BCUT2D eigenvalue weighted by Gasteiger charge is -2.36. The maximum Gasteiger partial charge on any atom is 0.461 e. The van der Waals surface area contributed by atoms with Crippen molar-refractivity contribution in [1.82, 2.24) is 10.3 Å². The molecule has 3 aromatic carbocycles. The molecule has 1 heterocycles. The standard InChI is InChI=1S/C33H24ClF9N2O4/c34-22-9-11-27(44-17-22)31(16-20-5-2-1-4-18(20)6-3-7-28(46)47,21-13-23(35)15-24(14-21)49-33(42,43)30(37)38)45-29(48)19-8-10-26(36)25(12-19)32(39,40)41/h1-2,4-5,8-15,17,30H,3,6-7,16H2,(H,45,48)(H,46,47). The summed E-state index contributed by atoms with van der Waals surface area (Å²) in [6.45, 7) is 0. The van der Waals surface area contributed by atoms with Crippen molar-refractivity contribution in [2.45, 2.75) is 49.9 Å². The summed E-state index contributed by atoms with van der Waals surface area (Å²) in [5, 5.41) is 11.7. The van der Waals surface area contributed by atoms with Crippen LogP contribution >= 0.6 is 11.6 Å². The van der Waals surface area contributed by atoms with E-state index in [1.807, 2.05) is 0 Å². The van der Waals surface area contributed by atoms with Crippen molar-refractivity contribution >= 4 is 23.5 Å². The van der Waals surface area contributed by atoms with Gasteiger partial charge in [0.15, 0.2) is 0 Å². The fourth-order valence-corrected chi connectivity index (χ4v) is 5.17. The maximum absolute atomic E-state index is 15.2. The summed E-state index contributed by atoms with van der Waals surface area (Å²) in [6.07, 6.45) is -13.9. The van der Waals surface area contributed by atoms with Gasteiger partial charge in [-0.3, -0.25) is 14.6 Å². The predicted octanol–water partition coefficient (Wildman–Crippen LogP) is 8.59. The zero-order valence-corrected chi connectivity index (χ0v) is 25.6. The molecule has 0 radical (unpaired) electrons. The largest absolute Gasteiger partial charge is 0.481 e. The van der Waals surface area contributed by atoms with Crippen LogP contribution in [-0.4, -0.2) is 34.5 Å². The fraction of sp³-hybridized carbons (Fsp3) is 0.242. The van der Waals surface area contributed by atoms with E-state index in [0.717, 1.165) is 24.4 Å². The number of halogens is 10. The minimum Gasteiger partial charge on any atom is -0.481 e. The summed E-state index contributed by atoms with van der Waals surface area (Å²) < 4.78 is 128. The lowest BCUT2D eigenvalue weighted by Crippen LogP contribution is -2.49. The number of carbonyl (C=O) groups is 2. The third-order valence-electron chi connectivity index (χ3n) is 7.31. The van der Waals surface area contributed by atoms with Gasteiger partial charge in [0.1, 0.15) is 22.9 Å². The molecule has 2 N–H and O–H groups in total. The molecule has 1 atom stereocenters. The fourth-order valence-electron chi connectivity index (χ4n) is 5.06. The first-order valence-corrected chi connectivity index (χ1v) is 14.5. The average Bonchev–Trinajstić information content (AvgIpc) is 3.00. The van der Waals surface area contributed by atoms with E-state index in [-0.39, 0.29) is 36.0 Å². The van der Waals surface area contributed by atoms with E-state index in [2.05, 4.69) is 15.0 Å². The van der Waals surface area contributed by atoms with Crippen LogP contribution in [0.25, 0.3) is 0 Å². The number of carboxylic acid groups (broad SMARTS) is 1. The van der Waals surface area contributed by atoms with Crippen LogP contribution in [0, 0.1) is 11.6 Å². The van der Waals surface area contributed by atoms with Gasteiger partial charge in [0.05, 0.1) is 16.3 Å². The Labute approximate surface area is 277 Å². The van der Waals surface area contributed by atoms with Crippen molar-refractivity contribution in [3.8, 4) is 5.75 Å². The Balaban J connectivity index is 1.98. The van der Waals surface area contributed by atoms with Gasteiger partial charge in [-0.15, -0.1) is 0 Å². The lowest BCUT2D eigenvalue weighted by atomic mass is 9.78. The lowest BCUT2D eigenvalue weighted by molar-refractivity contribution is -0.253. The van der Waals surface area contributed by atoms with E-state index < -0.39 is 76.6 Å². The van der Waals surface area contributed by atoms with E-state index in [1.54, 1.807) is 18.2 Å². The van der Waals surface area contributed by atoms with Crippen molar-refractivity contribution in [1.29, 1.82) is 0 Å². The molecule has 1 aromatic heterocycles. The van der Waals surface area contributed by atoms with Crippen LogP contribution in [0.5, 0.6) is 5.75 Å². The van der Waals surface area contributed by atoms with Gasteiger partial charge in [0, 0.05) is 30.7 Å². The molecule has 0 aliphatic rings. The molecule has 0 aliphatic heterocycles. The van der Waals surface area contributed by atoms with Gasteiger partial charge < -0.3 is 15.2 Å². The summed E-state index contributed by atoms with van der Waals surface area (Å²) >= 11 is 6.03. The molecule has 0 bridgehead atoms. The van der Waals surface area contributed by atoms with Gasteiger partial charge in [0.2, 0.25) is 0 Å². The normalized spacial score (nSPS) is 13.2. The highest BCUT2D eigenvalue weighted by Crippen LogP contribution is 2.39. The minimum atomic E-state index is -5.21. The van der Waals surface area contributed by atoms with Crippen LogP contribution in [0.15, 0.2) is 79.0 Å². The number of carbonyl (C=O) groups excluding carboxylic acids is 1. The number of aliphatic carboxylic acids is 1. The first-order valence-electron chi connectivity index (χ1n) is 14.2. The van der Waals surface area contributed by atoms with Gasteiger partial charge >= 0.3 is 24.7 Å². The van der Waals surface area contributed by atoms with Crippen molar-refractivity contribution in [3.63, 3.8) is 0 Å². The summed E-state index contributed by atoms with van der Waals surface area (Å²) in [5.74, 6) is -6.48. The maximum atomic E-state index is 15.2. The third-order valence-corrected chi connectivity index (χ3v) is 7.53. The minimum absolute atomic E-state index is 0.0613. The van der Waals surface area contributed by atoms with Crippen LogP contribution in [0.2, 0.25) is 5.02 Å². The number of rotatable bonds is 13. The number of alkyl halides is 7. The van der Waals surface area contributed by atoms with Crippen LogP contribution in [0.1, 0.15) is 51.1 Å². The van der Waals surface area contributed by atoms with Crippen LogP contribution < -0.4 is 10.1 Å². The van der Waals surface area contributed by atoms with E-state index in [1.165, 1.54) is 18.2 Å². The topological polar surface area (TPSA) is 88.5 Å². The highest BCUT2D eigenvalue weighted by atomic mass is 35.5. The molecule has 49 heavy (non-hydrogen) atoms. The number of carboxylic acids is 1. The number of nitrogens with one attached hydrogen (secondary N) is 1. The van der Waals surface area contributed by atoms with Crippen molar-refractivity contribution in [2.75, 3.05) is 0 Å². The second-order valence-electron chi connectivity index (χ2n) is 10.7. The number of hydrogen-bond donors (Lipinski definition) is 2. The Morgan fingerprint density at radius 2 is 1.61 bits per heavy atom. The Morgan fingerprint density at radius 1 is 0.918 bits per heavy atom. The Morgan fingerprint density at radius 3 is 2.22 bits per heavy atom. The summed E-state index contributed by atoms with van der Waals surface area (Å²) in [5.41, 5.74) is -4.47. The van der Waals surface area contributed by atoms with Gasteiger partial charge in [-0.05, 0) is 72.0 Å². The number of hydrogen-bond acceptors (Lipinski definition) is 4. The molecule has 0 spiro atoms. The van der Waals surface area contributed by atoms with Gasteiger partial charge in [-0.1, -0.05) is 35.9 Å². The van der Waals surface area contributed by atoms with Crippen LogP contribution in [0.4, 0.5) is 39.5 Å². The second kappa shape index (κ2) is 14.8. The zero-order chi connectivity index (χ0) is 36.1. The first-order chi connectivity index (χ1) is 22.9. The molecule has 4 aromatic rings. The Bertz CT molecular complexity index is 1820. The molecule has 0 aliphatic carbocycles. The number of benzene rings is 3. The smallest absolute Gasteiger partial charge is 0.461 e. The third kappa shape index (κ3) is 9.02. The molecule has 260 valence electrons. The highest BCUT2D eigenvalue weighted by Gasteiger charge is 2.45. The molecule has 4 rings (SSSR count). The van der Waals surface area contributed by atoms with Crippen molar-refractivity contribution in [2.24, 2.45) is 0 Å². The highest BCUT2D eigenvalue weighted by molar-refractivity contribution is 6.30. The number of nitrogens with zero attached hydrogens (tertiary/aromatic N) is 1.